The average Bonchev–Trinajstić information content (AvgIpc) is 2.90. The van der Waals surface area contributed by atoms with Gasteiger partial charge in [0, 0.05) is 19.1 Å². The zero-order valence-corrected chi connectivity index (χ0v) is 10.4. The van der Waals surface area contributed by atoms with Crippen molar-refractivity contribution in [3.63, 3.8) is 0 Å². The number of nitrogens with two attached hydrogens (primary N) is 2. The Morgan fingerprint density at radius 1 is 1.33 bits per heavy atom. The number of anilines is 1. The van der Waals surface area contributed by atoms with E-state index in [1.165, 1.54) is 25.7 Å². The molecule has 18 heavy (non-hydrogen) atoms. The van der Waals surface area contributed by atoms with Gasteiger partial charge in [0.15, 0.2) is 11.5 Å². The highest BCUT2D eigenvalue weighted by Gasteiger charge is 2.23. The minimum Gasteiger partial charge on any atom is -0.364 e. The standard InChI is InChI=1S/C12H19N5O/c13-7-8-17(9-3-1-2-4-9)11-6-5-10(12(14)18)15-16-11/h5-6,9H,1-4,7-8,13H2,(H2,14,18). The van der Waals surface area contributed by atoms with Gasteiger partial charge in [-0.15, -0.1) is 10.2 Å². The fourth-order valence-corrected chi connectivity index (χ4v) is 2.45. The molecule has 0 spiro atoms. The van der Waals surface area contributed by atoms with Gasteiger partial charge in [-0.1, -0.05) is 12.8 Å². The topological polar surface area (TPSA) is 98.1 Å². The normalized spacial score (nSPS) is 15.8. The van der Waals surface area contributed by atoms with Crippen LogP contribution in [-0.4, -0.2) is 35.2 Å². The lowest BCUT2D eigenvalue weighted by molar-refractivity contribution is 0.0994. The van der Waals surface area contributed by atoms with Gasteiger partial charge in [-0.2, -0.15) is 0 Å². The first-order valence-corrected chi connectivity index (χ1v) is 6.32. The fourth-order valence-electron chi connectivity index (χ4n) is 2.45. The highest BCUT2D eigenvalue weighted by molar-refractivity contribution is 5.90. The number of carbonyl (C=O) groups excluding carboxylic acids is 1. The van der Waals surface area contributed by atoms with Crippen LogP contribution in [0.4, 0.5) is 5.82 Å². The van der Waals surface area contributed by atoms with Gasteiger partial charge in [0.2, 0.25) is 0 Å². The molecule has 1 amide bonds. The summed E-state index contributed by atoms with van der Waals surface area (Å²) in [5, 5.41) is 7.93. The summed E-state index contributed by atoms with van der Waals surface area (Å²) in [4.78, 5) is 13.1. The Labute approximate surface area is 106 Å². The van der Waals surface area contributed by atoms with E-state index in [0.29, 0.717) is 12.6 Å². The Balaban J connectivity index is 2.16. The minimum atomic E-state index is -0.555. The number of amides is 1. The van der Waals surface area contributed by atoms with E-state index in [9.17, 15) is 4.79 Å². The molecule has 1 aromatic rings. The van der Waals surface area contributed by atoms with Gasteiger partial charge >= 0.3 is 0 Å². The highest BCUT2D eigenvalue weighted by atomic mass is 16.1. The third-order valence-electron chi connectivity index (χ3n) is 3.33. The lowest BCUT2D eigenvalue weighted by atomic mass is 10.2. The van der Waals surface area contributed by atoms with E-state index in [0.717, 1.165) is 12.4 Å². The minimum absolute atomic E-state index is 0.192. The van der Waals surface area contributed by atoms with E-state index in [1.54, 1.807) is 12.1 Å². The molecule has 6 heteroatoms. The molecule has 0 aromatic carbocycles. The lowest BCUT2D eigenvalue weighted by Gasteiger charge is -2.29. The maximum atomic E-state index is 11.0. The van der Waals surface area contributed by atoms with Crippen LogP contribution in [0.3, 0.4) is 0 Å². The molecule has 98 valence electrons. The number of aromatic nitrogens is 2. The third kappa shape index (κ3) is 2.76. The summed E-state index contributed by atoms with van der Waals surface area (Å²) in [7, 11) is 0. The summed E-state index contributed by atoms with van der Waals surface area (Å²) in [5.41, 5.74) is 11.0. The maximum Gasteiger partial charge on any atom is 0.269 e. The van der Waals surface area contributed by atoms with Crippen LogP contribution in [0.5, 0.6) is 0 Å². The number of hydrogen-bond acceptors (Lipinski definition) is 5. The Morgan fingerprint density at radius 3 is 2.56 bits per heavy atom. The van der Waals surface area contributed by atoms with Crippen molar-refractivity contribution in [2.45, 2.75) is 31.7 Å². The highest BCUT2D eigenvalue weighted by Crippen LogP contribution is 2.26. The molecule has 0 bridgehead atoms. The van der Waals surface area contributed by atoms with Gasteiger partial charge < -0.3 is 16.4 Å². The van der Waals surface area contributed by atoms with Crippen molar-refractivity contribution in [1.82, 2.24) is 10.2 Å². The molecule has 1 aliphatic rings. The second-order valence-corrected chi connectivity index (χ2v) is 4.56. The Hall–Kier alpha value is -1.69. The first kappa shape index (κ1) is 12.8. The summed E-state index contributed by atoms with van der Waals surface area (Å²) in [6, 6.07) is 3.90. The van der Waals surface area contributed by atoms with Crippen molar-refractivity contribution < 1.29 is 4.79 Å². The Bertz CT molecular complexity index is 399. The van der Waals surface area contributed by atoms with Crippen molar-refractivity contribution in [2.75, 3.05) is 18.0 Å². The fraction of sp³-hybridized carbons (Fsp3) is 0.583. The first-order valence-electron chi connectivity index (χ1n) is 6.32. The zero-order valence-electron chi connectivity index (χ0n) is 10.4. The summed E-state index contributed by atoms with van der Waals surface area (Å²) in [6.45, 7) is 1.34. The van der Waals surface area contributed by atoms with E-state index >= 15 is 0 Å². The molecule has 0 radical (unpaired) electrons. The average molecular weight is 249 g/mol. The largest absolute Gasteiger partial charge is 0.364 e. The Kier molecular flexibility index (Phi) is 4.09. The van der Waals surface area contributed by atoms with Gasteiger partial charge in [0.1, 0.15) is 0 Å². The van der Waals surface area contributed by atoms with Gasteiger partial charge in [0.25, 0.3) is 5.91 Å². The quantitative estimate of drug-likeness (QED) is 0.781. The van der Waals surface area contributed by atoms with Crippen LogP contribution in [0.2, 0.25) is 0 Å². The number of carbonyl (C=O) groups is 1. The second-order valence-electron chi connectivity index (χ2n) is 4.56. The lowest BCUT2D eigenvalue weighted by Crippen LogP contribution is -2.38. The summed E-state index contributed by atoms with van der Waals surface area (Å²) < 4.78 is 0. The summed E-state index contributed by atoms with van der Waals surface area (Å²) in [5.74, 6) is 0.220. The Morgan fingerprint density at radius 2 is 2.06 bits per heavy atom. The smallest absolute Gasteiger partial charge is 0.269 e. The number of hydrogen-bond donors (Lipinski definition) is 2. The molecule has 0 aliphatic heterocycles. The number of primary amides is 1. The monoisotopic (exact) mass is 249 g/mol. The van der Waals surface area contributed by atoms with Crippen LogP contribution in [0.15, 0.2) is 12.1 Å². The molecule has 0 atom stereocenters. The molecule has 4 N–H and O–H groups in total. The van der Waals surface area contributed by atoms with Crippen LogP contribution in [0.25, 0.3) is 0 Å². The van der Waals surface area contributed by atoms with Crippen LogP contribution in [0.1, 0.15) is 36.2 Å². The van der Waals surface area contributed by atoms with Crippen molar-refractivity contribution in [3.05, 3.63) is 17.8 Å². The molecule has 1 aromatic heterocycles. The van der Waals surface area contributed by atoms with Crippen molar-refractivity contribution >= 4 is 11.7 Å². The molecular weight excluding hydrogens is 230 g/mol. The van der Waals surface area contributed by atoms with E-state index in [1.807, 2.05) is 0 Å². The molecule has 6 nitrogen and oxygen atoms in total. The first-order chi connectivity index (χ1) is 8.72. The molecule has 1 heterocycles. The molecule has 0 unspecified atom stereocenters. The van der Waals surface area contributed by atoms with Crippen LogP contribution in [0, 0.1) is 0 Å². The summed E-state index contributed by atoms with van der Waals surface area (Å²) in [6.07, 6.45) is 4.83. The van der Waals surface area contributed by atoms with Crippen molar-refractivity contribution in [1.29, 1.82) is 0 Å². The third-order valence-corrected chi connectivity index (χ3v) is 3.33. The molecule has 0 saturated heterocycles. The molecule has 2 rings (SSSR count). The van der Waals surface area contributed by atoms with Crippen LogP contribution in [-0.2, 0) is 0 Å². The van der Waals surface area contributed by atoms with E-state index in [2.05, 4.69) is 15.1 Å². The van der Waals surface area contributed by atoms with Crippen LogP contribution >= 0.6 is 0 Å². The van der Waals surface area contributed by atoms with Gasteiger partial charge in [-0.05, 0) is 25.0 Å². The summed E-state index contributed by atoms with van der Waals surface area (Å²) >= 11 is 0. The van der Waals surface area contributed by atoms with Crippen molar-refractivity contribution in [2.24, 2.45) is 11.5 Å². The van der Waals surface area contributed by atoms with E-state index in [4.69, 9.17) is 11.5 Å². The number of rotatable bonds is 5. The van der Waals surface area contributed by atoms with Gasteiger partial charge in [-0.3, -0.25) is 4.79 Å². The predicted molar refractivity (Wildman–Crippen MR) is 69.2 cm³/mol. The van der Waals surface area contributed by atoms with E-state index in [-0.39, 0.29) is 5.69 Å². The van der Waals surface area contributed by atoms with Gasteiger partial charge in [0.05, 0.1) is 0 Å². The van der Waals surface area contributed by atoms with E-state index < -0.39 is 5.91 Å². The zero-order chi connectivity index (χ0) is 13.0. The maximum absolute atomic E-state index is 11.0. The van der Waals surface area contributed by atoms with Crippen molar-refractivity contribution in [3.8, 4) is 0 Å². The van der Waals surface area contributed by atoms with Crippen LogP contribution < -0.4 is 16.4 Å². The second kappa shape index (κ2) is 5.77. The molecular formula is C12H19N5O. The molecule has 1 aliphatic carbocycles. The van der Waals surface area contributed by atoms with Gasteiger partial charge in [-0.25, -0.2) is 0 Å². The predicted octanol–water partition coefficient (Wildman–Crippen LogP) is 0.283. The number of nitrogens with zero attached hydrogens (tertiary/aromatic N) is 3. The molecule has 1 fully saturated rings. The SMILES string of the molecule is NCCN(c1ccc(C(N)=O)nn1)C1CCCC1. The molecule has 1 saturated carbocycles.